The van der Waals surface area contributed by atoms with Crippen molar-refractivity contribution in [1.82, 2.24) is 10.2 Å². The Morgan fingerprint density at radius 1 is 0.969 bits per heavy atom. The second-order valence-corrected chi connectivity index (χ2v) is 8.66. The van der Waals surface area contributed by atoms with Crippen LogP contribution >= 0.6 is 0 Å². The van der Waals surface area contributed by atoms with E-state index in [2.05, 4.69) is 22.9 Å². The molecule has 1 saturated heterocycles. The molecule has 7 heteroatoms. The SMILES string of the molecule is CC1CCN(C(=O)c2cccc(NC(=O)CNc3ccc(C(=O)NC(C)C)cc3)c2)CC1. The van der Waals surface area contributed by atoms with Gasteiger partial charge >= 0.3 is 0 Å². The highest BCUT2D eigenvalue weighted by Crippen LogP contribution is 2.19. The molecule has 0 saturated carbocycles. The molecule has 1 fully saturated rings. The molecule has 0 radical (unpaired) electrons. The molecule has 3 amide bonds. The maximum Gasteiger partial charge on any atom is 0.253 e. The van der Waals surface area contributed by atoms with Gasteiger partial charge in [-0.05, 0) is 75.1 Å². The average Bonchev–Trinajstić information content (AvgIpc) is 2.78. The Morgan fingerprint density at radius 3 is 2.31 bits per heavy atom. The van der Waals surface area contributed by atoms with Gasteiger partial charge in [0.2, 0.25) is 5.91 Å². The molecule has 32 heavy (non-hydrogen) atoms. The van der Waals surface area contributed by atoms with Gasteiger partial charge < -0.3 is 20.9 Å². The third kappa shape index (κ3) is 6.57. The second-order valence-electron chi connectivity index (χ2n) is 8.66. The molecule has 7 nitrogen and oxygen atoms in total. The summed E-state index contributed by atoms with van der Waals surface area (Å²) >= 11 is 0. The number of nitrogens with one attached hydrogen (secondary N) is 3. The maximum absolute atomic E-state index is 12.8. The highest BCUT2D eigenvalue weighted by Gasteiger charge is 2.21. The minimum absolute atomic E-state index is 0.00715. The molecular formula is C25H32N4O3. The van der Waals surface area contributed by atoms with Crippen molar-refractivity contribution in [1.29, 1.82) is 0 Å². The second kappa shape index (κ2) is 10.8. The lowest BCUT2D eigenvalue weighted by atomic mass is 9.98. The fourth-order valence-electron chi connectivity index (χ4n) is 3.60. The van der Waals surface area contributed by atoms with Crippen LogP contribution in [-0.2, 0) is 4.79 Å². The van der Waals surface area contributed by atoms with Crippen LogP contribution in [0.25, 0.3) is 0 Å². The molecule has 1 aliphatic rings. The Bertz CT molecular complexity index is 948. The first-order valence-electron chi connectivity index (χ1n) is 11.2. The molecule has 2 aromatic carbocycles. The van der Waals surface area contributed by atoms with Crippen LogP contribution in [0.3, 0.4) is 0 Å². The quantitative estimate of drug-likeness (QED) is 0.617. The summed E-state index contributed by atoms with van der Waals surface area (Å²) < 4.78 is 0. The summed E-state index contributed by atoms with van der Waals surface area (Å²) in [5, 5.41) is 8.72. The van der Waals surface area contributed by atoms with Gasteiger partial charge in [0, 0.05) is 41.6 Å². The summed E-state index contributed by atoms with van der Waals surface area (Å²) in [5.41, 5.74) is 2.48. The monoisotopic (exact) mass is 436 g/mol. The van der Waals surface area contributed by atoms with Gasteiger partial charge in [0.1, 0.15) is 0 Å². The van der Waals surface area contributed by atoms with Crippen LogP contribution in [0.1, 0.15) is 54.3 Å². The number of nitrogens with zero attached hydrogens (tertiary/aromatic N) is 1. The van der Waals surface area contributed by atoms with Gasteiger partial charge in [-0.15, -0.1) is 0 Å². The lowest BCUT2D eigenvalue weighted by molar-refractivity contribution is -0.114. The summed E-state index contributed by atoms with van der Waals surface area (Å²) in [7, 11) is 0. The van der Waals surface area contributed by atoms with E-state index in [1.165, 1.54) is 0 Å². The van der Waals surface area contributed by atoms with E-state index >= 15 is 0 Å². The Hall–Kier alpha value is -3.35. The minimum Gasteiger partial charge on any atom is -0.376 e. The number of benzene rings is 2. The van der Waals surface area contributed by atoms with Gasteiger partial charge in [-0.1, -0.05) is 13.0 Å². The molecule has 3 rings (SSSR count). The van der Waals surface area contributed by atoms with Gasteiger partial charge in [0.05, 0.1) is 6.54 Å². The molecule has 0 unspecified atom stereocenters. The van der Waals surface area contributed by atoms with Crippen LogP contribution < -0.4 is 16.0 Å². The summed E-state index contributed by atoms with van der Waals surface area (Å²) in [5.74, 6) is 0.319. The first-order chi connectivity index (χ1) is 15.3. The number of likely N-dealkylation sites (tertiary alicyclic amines) is 1. The number of hydrogen-bond donors (Lipinski definition) is 3. The molecule has 0 aliphatic carbocycles. The van der Waals surface area contributed by atoms with Crippen LogP contribution in [0.2, 0.25) is 0 Å². The number of carbonyl (C=O) groups excluding carboxylic acids is 3. The zero-order valence-electron chi connectivity index (χ0n) is 19.0. The molecule has 1 heterocycles. The Kier molecular flexibility index (Phi) is 7.87. The largest absolute Gasteiger partial charge is 0.376 e. The predicted octanol–water partition coefficient (Wildman–Crippen LogP) is 3.75. The lowest BCUT2D eigenvalue weighted by Gasteiger charge is -2.30. The predicted molar refractivity (Wildman–Crippen MR) is 127 cm³/mol. The molecule has 0 spiro atoms. The van der Waals surface area contributed by atoms with Crippen molar-refractivity contribution >= 4 is 29.1 Å². The van der Waals surface area contributed by atoms with Crippen LogP contribution in [0.15, 0.2) is 48.5 Å². The van der Waals surface area contributed by atoms with Crippen molar-refractivity contribution in [2.45, 2.75) is 39.7 Å². The number of amides is 3. The van der Waals surface area contributed by atoms with Gasteiger partial charge in [-0.3, -0.25) is 14.4 Å². The van der Waals surface area contributed by atoms with Gasteiger partial charge in [0.15, 0.2) is 0 Å². The van der Waals surface area contributed by atoms with Gasteiger partial charge in [-0.2, -0.15) is 0 Å². The molecule has 0 bridgehead atoms. The van der Waals surface area contributed by atoms with E-state index in [0.29, 0.717) is 22.7 Å². The van der Waals surface area contributed by atoms with E-state index in [9.17, 15) is 14.4 Å². The minimum atomic E-state index is -0.219. The average molecular weight is 437 g/mol. The Morgan fingerprint density at radius 2 is 1.66 bits per heavy atom. The van der Waals surface area contributed by atoms with Crippen LogP contribution in [-0.4, -0.2) is 48.3 Å². The number of hydrogen-bond acceptors (Lipinski definition) is 4. The fourth-order valence-corrected chi connectivity index (χ4v) is 3.60. The molecule has 2 aromatic rings. The third-order valence-electron chi connectivity index (χ3n) is 5.48. The molecule has 0 atom stereocenters. The molecular weight excluding hydrogens is 404 g/mol. The van der Waals surface area contributed by atoms with Crippen LogP contribution in [0.5, 0.6) is 0 Å². The van der Waals surface area contributed by atoms with E-state index < -0.39 is 0 Å². The zero-order chi connectivity index (χ0) is 23.1. The van der Waals surface area contributed by atoms with E-state index in [1.807, 2.05) is 18.7 Å². The fraction of sp³-hybridized carbons (Fsp3) is 0.400. The highest BCUT2D eigenvalue weighted by atomic mass is 16.2. The molecule has 0 aromatic heterocycles. The summed E-state index contributed by atoms with van der Waals surface area (Å²) in [4.78, 5) is 39.0. The van der Waals surface area contributed by atoms with E-state index in [-0.39, 0.29) is 30.3 Å². The zero-order valence-corrected chi connectivity index (χ0v) is 19.0. The van der Waals surface area contributed by atoms with E-state index in [4.69, 9.17) is 0 Å². The van der Waals surface area contributed by atoms with Crippen LogP contribution in [0, 0.1) is 5.92 Å². The Labute approximate surface area is 189 Å². The van der Waals surface area contributed by atoms with E-state index in [0.717, 1.165) is 31.6 Å². The van der Waals surface area contributed by atoms with Crippen molar-refractivity contribution in [3.05, 3.63) is 59.7 Å². The number of piperidine rings is 1. The van der Waals surface area contributed by atoms with Gasteiger partial charge in [-0.25, -0.2) is 0 Å². The molecule has 3 N–H and O–H groups in total. The topological polar surface area (TPSA) is 90.5 Å². The molecule has 1 aliphatic heterocycles. The van der Waals surface area contributed by atoms with Crippen molar-refractivity contribution < 1.29 is 14.4 Å². The first-order valence-corrected chi connectivity index (χ1v) is 11.2. The lowest BCUT2D eigenvalue weighted by Crippen LogP contribution is -2.37. The number of rotatable bonds is 7. The summed E-state index contributed by atoms with van der Waals surface area (Å²) in [6.07, 6.45) is 2.05. The first kappa shape index (κ1) is 23.3. The smallest absolute Gasteiger partial charge is 0.253 e. The normalized spacial score (nSPS) is 14.2. The van der Waals surface area contributed by atoms with Crippen molar-refractivity contribution in [2.24, 2.45) is 5.92 Å². The third-order valence-corrected chi connectivity index (χ3v) is 5.48. The van der Waals surface area contributed by atoms with Gasteiger partial charge in [0.25, 0.3) is 11.8 Å². The van der Waals surface area contributed by atoms with Crippen LogP contribution in [0.4, 0.5) is 11.4 Å². The molecule has 170 valence electrons. The summed E-state index contributed by atoms with van der Waals surface area (Å²) in [6, 6.07) is 14.1. The maximum atomic E-state index is 12.8. The highest BCUT2D eigenvalue weighted by molar-refractivity contribution is 5.98. The number of anilines is 2. The number of carbonyl (C=O) groups is 3. The van der Waals surface area contributed by atoms with Crippen molar-refractivity contribution in [2.75, 3.05) is 30.3 Å². The Balaban J connectivity index is 1.51. The standard InChI is InChI=1S/C25H32N4O3/c1-17(2)27-24(31)19-7-9-21(10-8-19)26-16-23(30)28-22-6-4-5-20(15-22)25(32)29-13-11-18(3)12-14-29/h4-10,15,17-18,26H,11-14,16H2,1-3H3,(H,27,31)(H,28,30). The van der Waals surface area contributed by atoms with E-state index in [1.54, 1.807) is 48.5 Å². The van der Waals surface area contributed by atoms with Crippen molar-refractivity contribution in [3.63, 3.8) is 0 Å². The van der Waals surface area contributed by atoms with Crippen molar-refractivity contribution in [3.8, 4) is 0 Å². The summed E-state index contributed by atoms with van der Waals surface area (Å²) in [6.45, 7) is 7.65.